The fourth-order valence-electron chi connectivity index (χ4n) is 1.40. The molecule has 1 aromatic heterocycles. The molecule has 2 nitrogen and oxygen atoms in total. The van der Waals surface area contributed by atoms with Crippen molar-refractivity contribution in [3.8, 4) is 11.3 Å². The molecule has 3 heteroatoms. The van der Waals surface area contributed by atoms with Gasteiger partial charge < -0.3 is 0 Å². The molecular weight excluding hydrogens is 191 g/mol. The number of aromatic amines is 1. The zero-order chi connectivity index (χ0) is 10.8. The Morgan fingerprint density at radius 3 is 2.40 bits per heavy atom. The Labute approximate surface area is 88.1 Å². The second-order valence-corrected chi connectivity index (χ2v) is 3.87. The molecule has 0 spiro atoms. The average molecular weight is 204 g/mol. The summed E-state index contributed by atoms with van der Waals surface area (Å²) in [5.74, 6) is 0.199. The minimum absolute atomic E-state index is 0.224. The van der Waals surface area contributed by atoms with Crippen molar-refractivity contribution in [2.75, 3.05) is 0 Å². The summed E-state index contributed by atoms with van der Waals surface area (Å²) < 4.78 is 12.7. The van der Waals surface area contributed by atoms with Crippen LogP contribution in [0.5, 0.6) is 0 Å². The fraction of sp³-hybridized carbons (Fsp3) is 0.250. The summed E-state index contributed by atoms with van der Waals surface area (Å²) in [5, 5.41) is 7.16. The minimum atomic E-state index is -0.224. The van der Waals surface area contributed by atoms with Crippen LogP contribution in [0.4, 0.5) is 4.39 Å². The van der Waals surface area contributed by atoms with E-state index in [9.17, 15) is 4.39 Å². The van der Waals surface area contributed by atoms with Gasteiger partial charge >= 0.3 is 0 Å². The standard InChI is InChI=1S/C12H13FN2/c1-8(2)11-7-12(15-14-11)9-3-5-10(13)6-4-9/h3-8H,1-2H3,(H,14,15). The lowest BCUT2D eigenvalue weighted by atomic mass is 10.1. The third-order valence-corrected chi connectivity index (χ3v) is 2.36. The summed E-state index contributed by atoms with van der Waals surface area (Å²) in [6.45, 7) is 4.20. The number of benzene rings is 1. The largest absolute Gasteiger partial charge is 0.282 e. The van der Waals surface area contributed by atoms with Gasteiger partial charge in [0.15, 0.2) is 0 Å². The maximum absolute atomic E-state index is 12.7. The van der Waals surface area contributed by atoms with Gasteiger partial charge in [-0.15, -0.1) is 0 Å². The van der Waals surface area contributed by atoms with Gasteiger partial charge in [-0.25, -0.2) is 4.39 Å². The van der Waals surface area contributed by atoms with Crippen LogP contribution in [0.2, 0.25) is 0 Å². The van der Waals surface area contributed by atoms with Gasteiger partial charge in [0.05, 0.1) is 5.69 Å². The van der Waals surface area contributed by atoms with E-state index in [-0.39, 0.29) is 5.82 Å². The van der Waals surface area contributed by atoms with Crippen LogP contribution in [-0.2, 0) is 0 Å². The third kappa shape index (κ3) is 2.06. The van der Waals surface area contributed by atoms with Gasteiger partial charge in [0.25, 0.3) is 0 Å². The van der Waals surface area contributed by atoms with E-state index < -0.39 is 0 Å². The highest BCUT2D eigenvalue weighted by Crippen LogP contribution is 2.21. The van der Waals surface area contributed by atoms with Gasteiger partial charge in [0, 0.05) is 11.3 Å². The van der Waals surface area contributed by atoms with E-state index in [1.165, 1.54) is 12.1 Å². The lowest BCUT2D eigenvalue weighted by molar-refractivity contribution is 0.628. The van der Waals surface area contributed by atoms with Crippen LogP contribution in [-0.4, -0.2) is 10.2 Å². The molecule has 0 fully saturated rings. The second kappa shape index (κ2) is 3.85. The van der Waals surface area contributed by atoms with Crippen molar-refractivity contribution < 1.29 is 4.39 Å². The molecule has 0 aliphatic rings. The highest BCUT2D eigenvalue weighted by Gasteiger charge is 2.06. The first-order valence-electron chi connectivity index (χ1n) is 4.98. The second-order valence-electron chi connectivity index (χ2n) is 3.87. The topological polar surface area (TPSA) is 28.7 Å². The van der Waals surface area contributed by atoms with Crippen molar-refractivity contribution in [3.63, 3.8) is 0 Å². The predicted molar refractivity (Wildman–Crippen MR) is 58.1 cm³/mol. The Kier molecular flexibility index (Phi) is 2.54. The number of nitrogens with one attached hydrogen (secondary N) is 1. The maximum atomic E-state index is 12.7. The number of hydrogen-bond acceptors (Lipinski definition) is 1. The molecule has 2 aromatic rings. The molecule has 15 heavy (non-hydrogen) atoms. The molecule has 0 bridgehead atoms. The normalized spacial score (nSPS) is 10.9. The Balaban J connectivity index is 2.33. The minimum Gasteiger partial charge on any atom is -0.282 e. The SMILES string of the molecule is CC(C)c1cc(-c2ccc(F)cc2)n[nH]1. The van der Waals surface area contributed by atoms with Gasteiger partial charge in [-0.2, -0.15) is 5.10 Å². The van der Waals surface area contributed by atoms with E-state index in [4.69, 9.17) is 0 Å². The van der Waals surface area contributed by atoms with E-state index in [1.807, 2.05) is 6.07 Å². The van der Waals surface area contributed by atoms with Crippen LogP contribution in [0.25, 0.3) is 11.3 Å². The molecule has 0 saturated carbocycles. The van der Waals surface area contributed by atoms with Gasteiger partial charge in [-0.05, 0) is 36.2 Å². The van der Waals surface area contributed by atoms with Crippen molar-refractivity contribution in [3.05, 3.63) is 41.8 Å². The van der Waals surface area contributed by atoms with Crippen LogP contribution in [0.3, 0.4) is 0 Å². The molecule has 0 amide bonds. The Morgan fingerprint density at radius 2 is 1.87 bits per heavy atom. The van der Waals surface area contributed by atoms with E-state index in [0.717, 1.165) is 17.0 Å². The van der Waals surface area contributed by atoms with Gasteiger partial charge in [0.1, 0.15) is 5.82 Å². The van der Waals surface area contributed by atoms with Crippen LogP contribution < -0.4 is 0 Å². The van der Waals surface area contributed by atoms with Crippen LogP contribution in [0.15, 0.2) is 30.3 Å². The molecule has 0 atom stereocenters. The molecule has 1 aromatic carbocycles. The summed E-state index contributed by atoms with van der Waals surface area (Å²) in [7, 11) is 0. The van der Waals surface area contributed by atoms with E-state index in [2.05, 4.69) is 24.0 Å². The molecule has 0 saturated heterocycles. The molecule has 1 N–H and O–H groups in total. The number of H-pyrrole nitrogens is 1. The lowest BCUT2D eigenvalue weighted by Gasteiger charge is -1.97. The molecule has 2 rings (SSSR count). The van der Waals surface area contributed by atoms with Crippen molar-refractivity contribution in [1.82, 2.24) is 10.2 Å². The maximum Gasteiger partial charge on any atom is 0.123 e. The van der Waals surface area contributed by atoms with Crippen LogP contribution in [0.1, 0.15) is 25.5 Å². The summed E-state index contributed by atoms with van der Waals surface area (Å²) in [6, 6.07) is 8.35. The summed E-state index contributed by atoms with van der Waals surface area (Å²) >= 11 is 0. The van der Waals surface area contributed by atoms with Crippen molar-refractivity contribution in [1.29, 1.82) is 0 Å². The van der Waals surface area contributed by atoms with Crippen LogP contribution >= 0.6 is 0 Å². The van der Waals surface area contributed by atoms with Gasteiger partial charge in [-0.3, -0.25) is 5.10 Å². The van der Waals surface area contributed by atoms with Crippen LogP contribution in [0, 0.1) is 5.82 Å². The van der Waals surface area contributed by atoms with Gasteiger partial charge in [0.2, 0.25) is 0 Å². The third-order valence-electron chi connectivity index (χ3n) is 2.36. The van der Waals surface area contributed by atoms with E-state index in [0.29, 0.717) is 5.92 Å². The molecular formula is C12H13FN2. The number of nitrogens with zero attached hydrogens (tertiary/aromatic N) is 1. The highest BCUT2D eigenvalue weighted by molar-refractivity contribution is 5.59. The molecule has 78 valence electrons. The Hall–Kier alpha value is -1.64. The molecule has 0 aliphatic carbocycles. The van der Waals surface area contributed by atoms with Crippen molar-refractivity contribution >= 4 is 0 Å². The first-order valence-corrected chi connectivity index (χ1v) is 4.98. The van der Waals surface area contributed by atoms with E-state index in [1.54, 1.807) is 12.1 Å². The number of aromatic nitrogens is 2. The number of hydrogen-bond donors (Lipinski definition) is 1. The smallest absolute Gasteiger partial charge is 0.123 e. The Bertz CT molecular complexity index is 443. The number of halogens is 1. The first kappa shape index (κ1) is 9.90. The summed E-state index contributed by atoms with van der Waals surface area (Å²) in [4.78, 5) is 0. The zero-order valence-corrected chi connectivity index (χ0v) is 8.79. The summed E-state index contributed by atoms with van der Waals surface area (Å²) in [5.41, 5.74) is 2.88. The van der Waals surface area contributed by atoms with Gasteiger partial charge in [-0.1, -0.05) is 13.8 Å². The highest BCUT2D eigenvalue weighted by atomic mass is 19.1. The van der Waals surface area contributed by atoms with Crippen molar-refractivity contribution in [2.45, 2.75) is 19.8 Å². The summed E-state index contributed by atoms with van der Waals surface area (Å²) in [6.07, 6.45) is 0. The molecule has 1 heterocycles. The average Bonchev–Trinajstić information content (AvgIpc) is 2.68. The monoisotopic (exact) mass is 204 g/mol. The van der Waals surface area contributed by atoms with E-state index >= 15 is 0 Å². The first-order chi connectivity index (χ1) is 7.16. The molecule has 0 unspecified atom stereocenters. The van der Waals surface area contributed by atoms with Crippen molar-refractivity contribution in [2.24, 2.45) is 0 Å². The Morgan fingerprint density at radius 1 is 1.20 bits per heavy atom. The predicted octanol–water partition coefficient (Wildman–Crippen LogP) is 3.34. The lowest BCUT2D eigenvalue weighted by Crippen LogP contribution is -1.85. The fourth-order valence-corrected chi connectivity index (χ4v) is 1.40. The molecule has 0 radical (unpaired) electrons. The zero-order valence-electron chi connectivity index (χ0n) is 8.79. The number of rotatable bonds is 2. The quantitative estimate of drug-likeness (QED) is 0.798. The molecule has 0 aliphatic heterocycles.